The Morgan fingerprint density at radius 3 is 2.62 bits per heavy atom. The summed E-state index contributed by atoms with van der Waals surface area (Å²) in [5.41, 5.74) is 0.837. The van der Waals surface area contributed by atoms with Gasteiger partial charge >= 0.3 is 5.97 Å². The quantitative estimate of drug-likeness (QED) is 0.430. The van der Waals surface area contributed by atoms with Crippen LogP contribution in [0.25, 0.3) is 6.08 Å². The van der Waals surface area contributed by atoms with Crippen molar-refractivity contribution in [3.63, 3.8) is 0 Å². The maximum Gasteiger partial charge on any atom is 0.326 e. The summed E-state index contributed by atoms with van der Waals surface area (Å²) < 4.78 is 5.49. The molecule has 156 valence electrons. The Labute approximate surface area is 179 Å². The molecule has 0 spiro atoms. The lowest BCUT2D eigenvalue weighted by atomic mass is 10.1. The Balaban J connectivity index is 1.94. The van der Waals surface area contributed by atoms with Gasteiger partial charge in [-0.05, 0) is 30.2 Å². The summed E-state index contributed by atoms with van der Waals surface area (Å²) in [6, 6.07) is 6.36. The van der Waals surface area contributed by atoms with Gasteiger partial charge in [0.05, 0.1) is 12.0 Å². The van der Waals surface area contributed by atoms with Gasteiger partial charge in [0.15, 0.2) is 0 Å². The van der Waals surface area contributed by atoms with Crippen LogP contribution >= 0.6 is 24.0 Å². The van der Waals surface area contributed by atoms with Crippen molar-refractivity contribution >= 4 is 52.2 Å². The molecule has 1 heterocycles. The van der Waals surface area contributed by atoms with Crippen molar-refractivity contribution < 1.29 is 24.2 Å². The number of carbonyl (C=O) groups excluding carboxylic acids is 2. The van der Waals surface area contributed by atoms with E-state index in [1.165, 1.54) is 16.7 Å². The molecule has 29 heavy (non-hydrogen) atoms. The number of aliphatic carboxylic acids is 1. The smallest absolute Gasteiger partial charge is 0.326 e. The molecule has 2 amide bonds. The highest BCUT2D eigenvalue weighted by Crippen LogP contribution is 2.32. The molecule has 1 aliphatic rings. The third-order valence-corrected chi connectivity index (χ3v) is 5.71. The maximum atomic E-state index is 12.6. The second-order valence-electron chi connectivity index (χ2n) is 6.46. The highest BCUT2D eigenvalue weighted by molar-refractivity contribution is 8.26. The maximum absolute atomic E-state index is 12.6. The Morgan fingerprint density at radius 2 is 2.03 bits per heavy atom. The second kappa shape index (κ2) is 11.0. The summed E-state index contributed by atoms with van der Waals surface area (Å²) in [6.07, 6.45) is 3.66. The number of unbranched alkanes of at least 4 members (excludes halogenated alkanes) is 1. The van der Waals surface area contributed by atoms with Crippen LogP contribution in [0.3, 0.4) is 0 Å². The van der Waals surface area contributed by atoms with Gasteiger partial charge in [0.25, 0.3) is 5.91 Å². The molecule has 7 nitrogen and oxygen atoms in total. The van der Waals surface area contributed by atoms with Gasteiger partial charge in [-0.2, -0.15) is 0 Å². The van der Waals surface area contributed by atoms with E-state index < -0.39 is 17.9 Å². The molecule has 9 heteroatoms. The monoisotopic (exact) mass is 436 g/mol. The number of methoxy groups -OCH3 is 1. The molecule has 0 aliphatic carbocycles. The third kappa shape index (κ3) is 6.57. The number of thioether (sulfide) groups is 1. The number of hydrogen-bond acceptors (Lipinski definition) is 6. The van der Waals surface area contributed by atoms with E-state index in [1.54, 1.807) is 25.3 Å². The van der Waals surface area contributed by atoms with Gasteiger partial charge in [0.2, 0.25) is 5.91 Å². The van der Waals surface area contributed by atoms with E-state index in [0.29, 0.717) is 22.1 Å². The molecule has 0 bridgehead atoms. The summed E-state index contributed by atoms with van der Waals surface area (Å²) in [5.74, 6) is -1.01. The van der Waals surface area contributed by atoms with Gasteiger partial charge in [0.1, 0.15) is 16.1 Å². The molecule has 0 radical (unpaired) electrons. The van der Waals surface area contributed by atoms with Crippen molar-refractivity contribution in [2.45, 2.75) is 38.6 Å². The second-order valence-corrected chi connectivity index (χ2v) is 8.13. The molecule has 1 atom stereocenters. The summed E-state index contributed by atoms with van der Waals surface area (Å²) >= 11 is 6.45. The number of hydrogen-bond donors (Lipinski definition) is 2. The number of carboxylic acid groups (broad SMARTS) is 1. The fourth-order valence-electron chi connectivity index (χ4n) is 2.69. The van der Waals surface area contributed by atoms with Gasteiger partial charge in [-0.25, -0.2) is 4.79 Å². The fraction of sp³-hybridized carbons (Fsp3) is 0.400. The SMILES string of the molecule is CCCCC(NC(=O)CCN1C(=O)/C(=C/c2ccc(OC)cc2)SC1=S)C(=O)O. The van der Waals surface area contributed by atoms with Crippen molar-refractivity contribution in [3.8, 4) is 5.75 Å². The van der Waals surface area contributed by atoms with E-state index in [1.807, 2.05) is 19.1 Å². The summed E-state index contributed by atoms with van der Waals surface area (Å²) in [5, 5.41) is 11.7. The number of nitrogens with zero attached hydrogens (tertiary/aromatic N) is 1. The van der Waals surface area contributed by atoms with Crippen LogP contribution in [0.4, 0.5) is 0 Å². The summed E-state index contributed by atoms with van der Waals surface area (Å²) in [7, 11) is 1.58. The van der Waals surface area contributed by atoms with Gasteiger partial charge in [-0.1, -0.05) is 55.9 Å². The first-order valence-electron chi connectivity index (χ1n) is 9.27. The summed E-state index contributed by atoms with van der Waals surface area (Å²) in [4.78, 5) is 37.9. The highest BCUT2D eigenvalue weighted by atomic mass is 32.2. The predicted molar refractivity (Wildman–Crippen MR) is 117 cm³/mol. The van der Waals surface area contributed by atoms with Gasteiger partial charge in [-0.3, -0.25) is 14.5 Å². The first-order valence-corrected chi connectivity index (χ1v) is 10.5. The Morgan fingerprint density at radius 1 is 1.34 bits per heavy atom. The summed E-state index contributed by atoms with van der Waals surface area (Å²) in [6.45, 7) is 2.06. The number of carboxylic acids is 1. The van der Waals surface area contributed by atoms with Gasteiger partial charge < -0.3 is 15.2 Å². The molecular formula is C20H24N2O5S2. The van der Waals surface area contributed by atoms with Crippen molar-refractivity contribution in [2.75, 3.05) is 13.7 Å². The van der Waals surface area contributed by atoms with Crippen molar-refractivity contribution in [3.05, 3.63) is 34.7 Å². The van der Waals surface area contributed by atoms with E-state index in [4.69, 9.17) is 17.0 Å². The molecule has 2 N–H and O–H groups in total. The minimum absolute atomic E-state index is 0.0157. The van der Waals surface area contributed by atoms with E-state index in [2.05, 4.69) is 5.32 Å². The van der Waals surface area contributed by atoms with Gasteiger partial charge in [0, 0.05) is 13.0 Å². The zero-order chi connectivity index (χ0) is 21.4. The molecule has 1 unspecified atom stereocenters. The highest BCUT2D eigenvalue weighted by Gasteiger charge is 2.32. The van der Waals surface area contributed by atoms with Crippen LogP contribution in [-0.2, 0) is 14.4 Å². The van der Waals surface area contributed by atoms with Crippen molar-refractivity contribution in [1.29, 1.82) is 0 Å². The van der Waals surface area contributed by atoms with Crippen LogP contribution in [0.2, 0.25) is 0 Å². The van der Waals surface area contributed by atoms with Crippen LogP contribution < -0.4 is 10.1 Å². The Kier molecular flexibility index (Phi) is 8.66. The third-order valence-electron chi connectivity index (χ3n) is 4.33. The molecule has 1 aliphatic heterocycles. The lowest BCUT2D eigenvalue weighted by Crippen LogP contribution is -2.42. The molecule has 1 saturated heterocycles. The fourth-order valence-corrected chi connectivity index (χ4v) is 4.00. The number of nitrogens with one attached hydrogen (secondary N) is 1. The minimum Gasteiger partial charge on any atom is -0.497 e. The zero-order valence-electron chi connectivity index (χ0n) is 16.3. The molecule has 1 fully saturated rings. The van der Waals surface area contributed by atoms with E-state index in [0.717, 1.165) is 17.7 Å². The van der Waals surface area contributed by atoms with E-state index in [9.17, 15) is 19.5 Å². The molecule has 0 saturated carbocycles. The van der Waals surface area contributed by atoms with Crippen LogP contribution in [0, 0.1) is 0 Å². The Bertz CT molecular complexity index is 808. The Hall–Kier alpha value is -2.39. The lowest BCUT2D eigenvalue weighted by Gasteiger charge is -2.17. The number of ether oxygens (including phenoxy) is 1. The molecule has 0 aromatic heterocycles. The lowest BCUT2D eigenvalue weighted by molar-refractivity contribution is -0.142. The molecule has 1 aromatic carbocycles. The average Bonchev–Trinajstić information content (AvgIpc) is 2.96. The minimum atomic E-state index is -1.06. The first kappa shape index (κ1) is 22.9. The average molecular weight is 437 g/mol. The number of thiocarbonyl (C=S) groups is 1. The largest absolute Gasteiger partial charge is 0.497 e. The predicted octanol–water partition coefficient (Wildman–Crippen LogP) is 3.05. The molecular weight excluding hydrogens is 412 g/mol. The van der Waals surface area contributed by atoms with Crippen LogP contribution in [0.1, 0.15) is 38.2 Å². The van der Waals surface area contributed by atoms with E-state index in [-0.39, 0.29) is 18.9 Å². The number of carbonyl (C=O) groups is 3. The van der Waals surface area contributed by atoms with Crippen LogP contribution in [0.5, 0.6) is 5.75 Å². The number of rotatable bonds is 10. The van der Waals surface area contributed by atoms with Gasteiger partial charge in [-0.15, -0.1) is 0 Å². The standard InChI is InChI=1S/C20H24N2O5S2/c1-3-4-5-15(19(25)26)21-17(23)10-11-22-18(24)16(29-20(22)28)12-13-6-8-14(27-2)9-7-13/h6-9,12,15H,3-5,10-11H2,1-2H3,(H,21,23)(H,25,26)/b16-12-. The molecule has 1 aromatic rings. The number of benzene rings is 1. The van der Waals surface area contributed by atoms with Crippen LogP contribution in [0.15, 0.2) is 29.2 Å². The van der Waals surface area contributed by atoms with Crippen molar-refractivity contribution in [2.24, 2.45) is 0 Å². The number of amides is 2. The van der Waals surface area contributed by atoms with Crippen molar-refractivity contribution in [1.82, 2.24) is 10.2 Å². The zero-order valence-corrected chi connectivity index (χ0v) is 18.0. The normalized spacial score (nSPS) is 16.2. The molecule has 2 rings (SSSR count). The van der Waals surface area contributed by atoms with E-state index >= 15 is 0 Å². The first-order chi connectivity index (χ1) is 13.8. The topological polar surface area (TPSA) is 95.9 Å². The van der Waals surface area contributed by atoms with Crippen LogP contribution in [-0.4, -0.2) is 51.8 Å².